The SMILES string of the molecule is O=C1c2ccc(F)cc2NCC12CC2. The molecule has 0 radical (unpaired) electrons. The van der Waals surface area contributed by atoms with E-state index < -0.39 is 0 Å². The van der Waals surface area contributed by atoms with E-state index in [0.717, 1.165) is 12.8 Å². The molecule has 2 nitrogen and oxygen atoms in total. The summed E-state index contributed by atoms with van der Waals surface area (Å²) in [5.74, 6) is -0.109. The predicted molar refractivity (Wildman–Crippen MR) is 50.9 cm³/mol. The molecule has 1 aromatic carbocycles. The lowest BCUT2D eigenvalue weighted by atomic mass is 9.90. The van der Waals surface area contributed by atoms with Gasteiger partial charge in [0.1, 0.15) is 5.82 Å². The summed E-state index contributed by atoms with van der Waals surface area (Å²) in [5, 5.41) is 3.13. The van der Waals surface area contributed by atoms with Crippen LogP contribution >= 0.6 is 0 Å². The van der Waals surface area contributed by atoms with Gasteiger partial charge in [0.25, 0.3) is 0 Å². The minimum absolute atomic E-state index is 0.148. The molecular formula is C11H10FNO. The van der Waals surface area contributed by atoms with Crippen LogP contribution in [0, 0.1) is 11.2 Å². The van der Waals surface area contributed by atoms with Crippen LogP contribution in [0.25, 0.3) is 0 Å². The van der Waals surface area contributed by atoms with Gasteiger partial charge in [0.2, 0.25) is 0 Å². The van der Waals surface area contributed by atoms with E-state index in [1.165, 1.54) is 12.1 Å². The molecule has 3 heteroatoms. The molecule has 1 saturated carbocycles. The number of carbonyl (C=O) groups is 1. The summed E-state index contributed by atoms with van der Waals surface area (Å²) in [6, 6.07) is 4.32. The maximum atomic E-state index is 12.9. The number of ketones is 1. The second kappa shape index (κ2) is 2.35. The third-order valence-electron chi connectivity index (χ3n) is 3.18. The van der Waals surface area contributed by atoms with E-state index in [0.29, 0.717) is 17.8 Å². The van der Waals surface area contributed by atoms with Gasteiger partial charge >= 0.3 is 0 Å². The van der Waals surface area contributed by atoms with Gasteiger partial charge in [-0.1, -0.05) is 0 Å². The van der Waals surface area contributed by atoms with Gasteiger partial charge in [-0.3, -0.25) is 4.79 Å². The summed E-state index contributed by atoms with van der Waals surface area (Å²) < 4.78 is 12.9. The Morgan fingerprint density at radius 2 is 2.14 bits per heavy atom. The van der Waals surface area contributed by atoms with Crippen molar-refractivity contribution in [2.75, 3.05) is 11.9 Å². The highest BCUT2D eigenvalue weighted by Gasteiger charge is 2.52. The van der Waals surface area contributed by atoms with Crippen LogP contribution in [-0.4, -0.2) is 12.3 Å². The van der Waals surface area contributed by atoms with E-state index in [9.17, 15) is 9.18 Å². The molecule has 0 bridgehead atoms. The fraction of sp³-hybridized carbons (Fsp3) is 0.364. The van der Waals surface area contributed by atoms with Crippen molar-refractivity contribution in [3.05, 3.63) is 29.6 Å². The molecule has 2 aliphatic rings. The van der Waals surface area contributed by atoms with Crippen LogP contribution in [0.2, 0.25) is 0 Å². The van der Waals surface area contributed by atoms with Gasteiger partial charge in [-0.2, -0.15) is 0 Å². The lowest BCUT2D eigenvalue weighted by Crippen LogP contribution is -2.31. The van der Waals surface area contributed by atoms with Crippen molar-refractivity contribution >= 4 is 11.5 Å². The van der Waals surface area contributed by atoms with E-state index in [1.807, 2.05) is 0 Å². The van der Waals surface area contributed by atoms with Crippen molar-refractivity contribution in [2.45, 2.75) is 12.8 Å². The molecular weight excluding hydrogens is 181 g/mol. The Morgan fingerprint density at radius 1 is 1.36 bits per heavy atom. The first-order chi connectivity index (χ1) is 6.71. The Bertz CT molecular complexity index is 423. The van der Waals surface area contributed by atoms with E-state index >= 15 is 0 Å². The maximum Gasteiger partial charge on any atom is 0.172 e. The molecule has 3 rings (SSSR count). The van der Waals surface area contributed by atoms with Crippen LogP contribution in [0.15, 0.2) is 18.2 Å². The maximum absolute atomic E-state index is 12.9. The Labute approximate surface area is 81.1 Å². The van der Waals surface area contributed by atoms with Crippen LogP contribution in [0.1, 0.15) is 23.2 Å². The zero-order chi connectivity index (χ0) is 9.76. The minimum Gasteiger partial charge on any atom is -0.383 e. The first kappa shape index (κ1) is 7.97. The molecule has 1 fully saturated rings. The summed E-state index contributed by atoms with van der Waals surface area (Å²) in [5.41, 5.74) is 1.15. The molecule has 1 heterocycles. The number of carbonyl (C=O) groups excluding carboxylic acids is 1. The predicted octanol–water partition coefficient (Wildman–Crippen LogP) is 2.21. The number of hydrogen-bond donors (Lipinski definition) is 1. The number of Topliss-reactive ketones (excluding diaryl/α,β-unsaturated/α-hetero) is 1. The molecule has 14 heavy (non-hydrogen) atoms. The number of benzene rings is 1. The Morgan fingerprint density at radius 3 is 2.86 bits per heavy atom. The fourth-order valence-electron chi connectivity index (χ4n) is 2.05. The molecule has 72 valence electrons. The average molecular weight is 191 g/mol. The highest BCUT2D eigenvalue weighted by atomic mass is 19.1. The number of anilines is 1. The van der Waals surface area contributed by atoms with E-state index in [1.54, 1.807) is 6.07 Å². The van der Waals surface area contributed by atoms with Gasteiger partial charge in [-0.15, -0.1) is 0 Å². The van der Waals surface area contributed by atoms with Crippen molar-refractivity contribution in [1.29, 1.82) is 0 Å². The molecule has 0 aromatic heterocycles. The lowest BCUT2D eigenvalue weighted by molar-refractivity contribution is 0.0903. The summed E-state index contributed by atoms with van der Waals surface area (Å²) in [7, 11) is 0. The van der Waals surface area contributed by atoms with Crippen molar-refractivity contribution in [3.8, 4) is 0 Å². The van der Waals surface area contributed by atoms with Crippen LogP contribution in [0.3, 0.4) is 0 Å². The summed E-state index contributed by atoms with van der Waals surface area (Å²) in [6.07, 6.45) is 1.94. The van der Waals surface area contributed by atoms with E-state index in [-0.39, 0.29) is 17.0 Å². The average Bonchev–Trinajstić information content (AvgIpc) is 2.93. The van der Waals surface area contributed by atoms with Gasteiger partial charge in [0, 0.05) is 17.8 Å². The zero-order valence-electron chi connectivity index (χ0n) is 7.64. The topological polar surface area (TPSA) is 29.1 Å². The third-order valence-corrected chi connectivity index (χ3v) is 3.18. The Hall–Kier alpha value is -1.38. The van der Waals surface area contributed by atoms with Crippen molar-refractivity contribution in [3.63, 3.8) is 0 Å². The van der Waals surface area contributed by atoms with Gasteiger partial charge in [-0.25, -0.2) is 4.39 Å². The number of halogens is 1. The minimum atomic E-state index is -0.296. The van der Waals surface area contributed by atoms with Crippen LogP contribution < -0.4 is 5.32 Å². The van der Waals surface area contributed by atoms with E-state index in [2.05, 4.69) is 5.32 Å². The standard InChI is InChI=1S/C11H10FNO/c12-7-1-2-8-9(5-7)13-6-11(3-4-11)10(8)14/h1-2,5,13H,3-4,6H2. The summed E-state index contributed by atoms with van der Waals surface area (Å²) in [4.78, 5) is 11.9. The van der Waals surface area contributed by atoms with Gasteiger partial charge < -0.3 is 5.32 Å². The second-order valence-electron chi connectivity index (χ2n) is 4.15. The van der Waals surface area contributed by atoms with Crippen LogP contribution in [0.5, 0.6) is 0 Å². The third kappa shape index (κ3) is 0.924. The zero-order valence-corrected chi connectivity index (χ0v) is 7.64. The highest BCUT2D eigenvalue weighted by molar-refractivity contribution is 6.08. The molecule has 0 atom stereocenters. The number of hydrogen-bond acceptors (Lipinski definition) is 2. The highest BCUT2D eigenvalue weighted by Crippen LogP contribution is 2.51. The molecule has 1 aliphatic heterocycles. The fourth-order valence-corrected chi connectivity index (χ4v) is 2.05. The van der Waals surface area contributed by atoms with Crippen molar-refractivity contribution in [1.82, 2.24) is 0 Å². The quantitative estimate of drug-likeness (QED) is 0.681. The number of nitrogens with one attached hydrogen (secondary N) is 1. The van der Waals surface area contributed by atoms with Crippen molar-refractivity contribution < 1.29 is 9.18 Å². The molecule has 0 amide bonds. The van der Waals surface area contributed by atoms with E-state index in [4.69, 9.17) is 0 Å². The summed E-state index contributed by atoms with van der Waals surface area (Å²) in [6.45, 7) is 0.669. The monoisotopic (exact) mass is 191 g/mol. The molecule has 1 N–H and O–H groups in total. The lowest BCUT2D eigenvalue weighted by Gasteiger charge is -2.24. The molecule has 1 spiro atoms. The van der Waals surface area contributed by atoms with Crippen molar-refractivity contribution in [2.24, 2.45) is 5.41 Å². The number of fused-ring (bicyclic) bond motifs is 1. The van der Waals surface area contributed by atoms with Crippen LogP contribution in [0.4, 0.5) is 10.1 Å². The van der Waals surface area contributed by atoms with Crippen LogP contribution in [-0.2, 0) is 0 Å². The summed E-state index contributed by atoms with van der Waals surface area (Å²) >= 11 is 0. The van der Waals surface area contributed by atoms with Gasteiger partial charge in [0.15, 0.2) is 5.78 Å². The first-order valence-corrected chi connectivity index (χ1v) is 4.80. The molecule has 1 aromatic rings. The Balaban J connectivity index is 2.12. The second-order valence-corrected chi connectivity index (χ2v) is 4.15. The number of rotatable bonds is 0. The normalized spacial score (nSPS) is 21.6. The largest absolute Gasteiger partial charge is 0.383 e. The molecule has 1 aliphatic carbocycles. The molecule has 0 saturated heterocycles. The van der Waals surface area contributed by atoms with Gasteiger partial charge in [-0.05, 0) is 31.0 Å². The Kier molecular flexibility index (Phi) is 1.34. The molecule has 0 unspecified atom stereocenters. The van der Waals surface area contributed by atoms with Gasteiger partial charge in [0.05, 0.1) is 5.41 Å². The first-order valence-electron chi connectivity index (χ1n) is 4.80. The smallest absolute Gasteiger partial charge is 0.172 e.